The zero-order chi connectivity index (χ0) is 22.4. The Morgan fingerprint density at radius 2 is 1.70 bits per heavy atom. The van der Waals surface area contributed by atoms with Crippen molar-refractivity contribution in [2.75, 3.05) is 14.2 Å². The first-order chi connectivity index (χ1) is 14.3. The van der Waals surface area contributed by atoms with E-state index in [9.17, 15) is 15.2 Å². The maximum absolute atomic E-state index is 12.3. The summed E-state index contributed by atoms with van der Waals surface area (Å²) in [7, 11) is 2.91. The highest BCUT2D eigenvalue weighted by atomic mass is 16.5. The maximum atomic E-state index is 12.3. The average Bonchev–Trinajstić information content (AvgIpc) is 2.73. The molecule has 1 aliphatic rings. The quantitative estimate of drug-likeness (QED) is 0.228. The molecule has 0 aromatic heterocycles. The number of ether oxygens (including phenoxy) is 3. The van der Waals surface area contributed by atoms with Crippen molar-refractivity contribution in [2.24, 2.45) is 10.3 Å². The molecular formula is C22H26N2O6. The number of rotatable bonds is 7. The van der Waals surface area contributed by atoms with Gasteiger partial charge >= 0.3 is 5.97 Å². The molecule has 0 fully saturated rings. The molecular weight excluding hydrogens is 388 g/mol. The Balaban J connectivity index is 2.81. The summed E-state index contributed by atoms with van der Waals surface area (Å²) in [4.78, 5) is 12.3. The van der Waals surface area contributed by atoms with Crippen molar-refractivity contribution in [3.8, 4) is 11.5 Å². The normalized spacial score (nSPS) is 16.0. The summed E-state index contributed by atoms with van der Waals surface area (Å²) >= 11 is 0. The number of carbonyl (C=O) groups excluding carboxylic acids is 1. The predicted molar refractivity (Wildman–Crippen MR) is 113 cm³/mol. The van der Waals surface area contributed by atoms with Crippen LogP contribution in [0.3, 0.4) is 0 Å². The number of esters is 1. The van der Waals surface area contributed by atoms with Crippen LogP contribution >= 0.6 is 0 Å². The van der Waals surface area contributed by atoms with Gasteiger partial charge in [-0.25, -0.2) is 4.79 Å². The average molecular weight is 414 g/mol. The lowest BCUT2D eigenvalue weighted by Gasteiger charge is -2.26. The van der Waals surface area contributed by atoms with E-state index in [1.807, 2.05) is 19.9 Å². The van der Waals surface area contributed by atoms with E-state index >= 15 is 0 Å². The summed E-state index contributed by atoms with van der Waals surface area (Å²) in [6, 6.07) is 1.66. The zero-order valence-electron chi connectivity index (χ0n) is 17.7. The Labute approximate surface area is 175 Å². The van der Waals surface area contributed by atoms with Gasteiger partial charge in [0, 0.05) is 17.6 Å². The second-order valence-corrected chi connectivity index (χ2v) is 6.95. The Hall–Kier alpha value is -3.55. The van der Waals surface area contributed by atoms with Crippen molar-refractivity contribution in [1.29, 1.82) is 0 Å². The summed E-state index contributed by atoms with van der Waals surface area (Å²) in [5.74, 6) is 0.105. The van der Waals surface area contributed by atoms with Crippen LogP contribution in [-0.4, -0.2) is 42.0 Å². The molecule has 0 amide bonds. The summed E-state index contributed by atoms with van der Waals surface area (Å²) in [6.07, 6.45) is 4.55. The van der Waals surface area contributed by atoms with Gasteiger partial charge in [-0.05, 0) is 39.0 Å². The molecule has 1 aliphatic carbocycles. The third kappa shape index (κ3) is 4.53. The second kappa shape index (κ2) is 9.78. The topological polar surface area (TPSA) is 110 Å². The molecule has 160 valence electrons. The number of hydrogen-bond donors (Lipinski definition) is 2. The van der Waals surface area contributed by atoms with Crippen molar-refractivity contribution >= 4 is 17.4 Å². The van der Waals surface area contributed by atoms with Gasteiger partial charge in [-0.15, -0.1) is 0 Å². The smallest absolute Gasteiger partial charge is 0.333 e. The van der Waals surface area contributed by atoms with Crippen LogP contribution in [0.1, 0.15) is 50.0 Å². The summed E-state index contributed by atoms with van der Waals surface area (Å²) in [5, 5.41) is 25.6. The Bertz CT molecular complexity index is 968. The van der Waals surface area contributed by atoms with Crippen molar-refractivity contribution in [2.45, 2.75) is 33.3 Å². The zero-order valence-corrected chi connectivity index (χ0v) is 17.7. The largest absolute Gasteiger partial charge is 0.496 e. The fraction of sp³-hybridized carbons (Fsp3) is 0.318. The van der Waals surface area contributed by atoms with Crippen LogP contribution in [0.25, 0.3) is 0 Å². The molecule has 8 nitrogen and oxygen atoms in total. The van der Waals surface area contributed by atoms with E-state index in [0.29, 0.717) is 34.6 Å². The van der Waals surface area contributed by atoms with Gasteiger partial charge in [0.1, 0.15) is 29.0 Å². The van der Waals surface area contributed by atoms with E-state index in [0.717, 1.165) is 5.57 Å². The van der Waals surface area contributed by atoms with E-state index < -0.39 is 12.1 Å². The molecule has 1 aromatic rings. The minimum atomic E-state index is -0.724. The van der Waals surface area contributed by atoms with Gasteiger partial charge < -0.3 is 24.6 Å². The van der Waals surface area contributed by atoms with E-state index in [2.05, 4.69) is 16.9 Å². The minimum absolute atomic E-state index is 0.182. The first-order valence-corrected chi connectivity index (χ1v) is 9.20. The molecule has 0 radical (unpaired) electrons. The number of benzene rings is 1. The number of fused-ring (bicyclic) bond motifs is 1. The first kappa shape index (κ1) is 22.7. The van der Waals surface area contributed by atoms with Gasteiger partial charge in [-0.1, -0.05) is 28.5 Å². The van der Waals surface area contributed by atoms with Gasteiger partial charge in [0.2, 0.25) is 0 Å². The lowest BCUT2D eigenvalue weighted by molar-refractivity contribution is -0.144. The van der Waals surface area contributed by atoms with Crippen LogP contribution in [0.4, 0.5) is 0 Å². The van der Waals surface area contributed by atoms with E-state index in [-0.39, 0.29) is 17.0 Å². The Morgan fingerprint density at radius 3 is 2.17 bits per heavy atom. The summed E-state index contributed by atoms with van der Waals surface area (Å²) < 4.78 is 16.8. The summed E-state index contributed by atoms with van der Waals surface area (Å²) in [6.45, 7) is 9.08. The number of hydrogen-bond acceptors (Lipinski definition) is 8. The van der Waals surface area contributed by atoms with Gasteiger partial charge in [0.05, 0.1) is 25.3 Å². The van der Waals surface area contributed by atoms with Crippen molar-refractivity contribution in [3.05, 3.63) is 58.7 Å². The highest BCUT2D eigenvalue weighted by molar-refractivity contribution is 6.27. The van der Waals surface area contributed by atoms with Gasteiger partial charge in [-0.2, -0.15) is 0 Å². The monoisotopic (exact) mass is 414 g/mol. The number of allylic oxidation sites excluding steroid dienone is 3. The molecule has 1 atom stereocenters. The molecule has 0 spiro atoms. The van der Waals surface area contributed by atoms with E-state index in [4.69, 9.17) is 14.2 Å². The Kier molecular flexibility index (Phi) is 7.41. The van der Waals surface area contributed by atoms with Crippen molar-refractivity contribution in [3.63, 3.8) is 0 Å². The molecule has 0 heterocycles. The van der Waals surface area contributed by atoms with Gasteiger partial charge in [0.15, 0.2) is 0 Å². The molecule has 2 rings (SSSR count). The maximum Gasteiger partial charge on any atom is 0.333 e. The lowest BCUT2D eigenvalue weighted by atomic mass is 9.88. The van der Waals surface area contributed by atoms with Crippen LogP contribution in [0.15, 0.2) is 52.3 Å². The van der Waals surface area contributed by atoms with Crippen molar-refractivity contribution in [1.82, 2.24) is 0 Å². The van der Waals surface area contributed by atoms with Crippen LogP contribution in [-0.2, 0) is 9.53 Å². The number of methoxy groups -OCH3 is 2. The summed E-state index contributed by atoms with van der Waals surface area (Å²) in [5.41, 5.74) is 2.96. The second-order valence-electron chi connectivity index (χ2n) is 6.95. The fourth-order valence-corrected chi connectivity index (χ4v) is 3.08. The standard InChI is InChI=1S/C22H26N2O6/c1-12(2)7-10-17(30-22(25)13(3)4)14-11-18(28-5)19-15(23-26)8-9-16(24-27)20(19)21(14)29-6/h7-9,11,17,26-27H,3,10H2,1-2,4-6H3/t17-/m1/s1. The lowest BCUT2D eigenvalue weighted by Crippen LogP contribution is -2.20. The molecule has 0 aliphatic heterocycles. The molecule has 8 heteroatoms. The number of oxime groups is 2. The SMILES string of the molecule is C=C(C)C(=O)O[C@H](CC=C(C)C)c1cc(OC)c2c(c1OC)C(=NO)C=CC2=NO. The molecule has 0 bridgehead atoms. The third-order valence-corrected chi connectivity index (χ3v) is 4.51. The molecule has 2 N–H and O–H groups in total. The van der Waals surface area contributed by atoms with Crippen LogP contribution in [0.5, 0.6) is 11.5 Å². The fourth-order valence-electron chi connectivity index (χ4n) is 3.08. The van der Waals surface area contributed by atoms with Crippen molar-refractivity contribution < 1.29 is 29.4 Å². The molecule has 0 saturated carbocycles. The molecule has 30 heavy (non-hydrogen) atoms. The van der Waals surface area contributed by atoms with Crippen LogP contribution < -0.4 is 9.47 Å². The highest BCUT2D eigenvalue weighted by Crippen LogP contribution is 2.42. The van der Waals surface area contributed by atoms with Crippen LogP contribution in [0.2, 0.25) is 0 Å². The van der Waals surface area contributed by atoms with Crippen LogP contribution in [0, 0.1) is 0 Å². The van der Waals surface area contributed by atoms with E-state index in [1.54, 1.807) is 13.0 Å². The number of nitrogens with zero attached hydrogens (tertiary/aromatic N) is 2. The molecule has 1 aromatic carbocycles. The molecule has 0 unspecified atom stereocenters. The highest BCUT2D eigenvalue weighted by Gasteiger charge is 2.32. The number of carbonyl (C=O) groups is 1. The Morgan fingerprint density at radius 1 is 1.10 bits per heavy atom. The minimum Gasteiger partial charge on any atom is -0.496 e. The predicted octanol–water partition coefficient (Wildman–Crippen LogP) is 4.15. The molecule has 0 saturated heterocycles. The van der Waals surface area contributed by atoms with Gasteiger partial charge in [0.25, 0.3) is 0 Å². The first-order valence-electron chi connectivity index (χ1n) is 9.20. The van der Waals surface area contributed by atoms with E-state index in [1.165, 1.54) is 26.4 Å². The third-order valence-electron chi connectivity index (χ3n) is 4.51. The van der Waals surface area contributed by atoms with Gasteiger partial charge in [-0.3, -0.25) is 0 Å².